The zero-order chi connectivity index (χ0) is 18.4. The Morgan fingerprint density at radius 2 is 1.88 bits per heavy atom. The van der Waals surface area contributed by atoms with Crippen LogP contribution in [0.2, 0.25) is 0 Å². The number of nitrogens with one attached hydrogen (secondary N) is 2. The quantitative estimate of drug-likeness (QED) is 0.716. The normalized spacial score (nSPS) is 10.4. The lowest BCUT2D eigenvalue weighted by Gasteiger charge is -2.09. The van der Waals surface area contributed by atoms with Crippen LogP contribution in [0.25, 0.3) is 0 Å². The van der Waals surface area contributed by atoms with Crippen LogP contribution in [-0.2, 0) is 13.1 Å². The lowest BCUT2D eigenvalue weighted by atomic mass is 10.1. The van der Waals surface area contributed by atoms with Gasteiger partial charge in [-0.05, 0) is 31.5 Å². The van der Waals surface area contributed by atoms with E-state index in [0.29, 0.717) is 30.4 Å². The molecule has 26 heavy (non-hydrogen) atoms. The smallest absolute Gasteiger partial charge is 0.270 e. The Kier molecular flexibility index (Phi) is 5.53. The fourth-order valence-corrected chi connectivity index (χ4v) is 2.55. The second-order valence-corrected chi connectivity index (χ2v) is 6.03. The summed E-state index contributed by atoms with van der Waals surface area (Å²) in [4.78, 5) is 25.2. The van der Waals surface area contributed by atoms with Gasteiger partial charge in [-0.3, -0.25) is 9.78 Å². The van der Waals surface area contributed by atoms with E-state index in [0.717, 1.165) is 11.3 Å². The predicted molar refractivity (Wildman–Crippen MR) is 101 cm³/mol. The molecule has 2 aromatic heterocycles. The van der Waals surface area contributed by atoms with Crippen LogP contribution in [0.5, 0.6) is 0 Å². The van der Waals surface area contributed by atoms with Gasteiger partial charge in [0, 0.05) is 18.8 Å². The predicted octanol–water partition coefficient (Wildman–Crippen LogP) is 3.03. The van der Waals surface area contributed by atoms with Crippen LogP contribution >= 0.6 is 0 Å². The Labute approximate surface area is 152 Å². The summed E-state index contributed by atoms with van der Waals surface area (Å²) < 4.78 is 0. The number of nitrogens with zero attached hydrogens (tertiary/aromatic N) is 3. The molecule has 1 amide bonds. The van der Waals surface area contributed by atoms with Crippen LogP contribution in [0, 0.1) is 13.8 Å². The number of aryl methyl sites for hydroxylation is 2. The van der Waals surface area contributed by atoms with Crippen molar-refractivity contribution in [3.63, 3.8) is 0 Å². The van der Waals surface area contributed by atoms with Crippen molar-refractivity contribution in [2.75, 3.05) is 5.32 Å². The summed E-state index contributed by atoms with van der Waals surface area (Å²) in [6.07, 6.45) is 1.70. The summed E-state index contributed by atoms with van der Waals surface area (Å²) in [6, 6.07) is 15.5. The van der Waals surface area contributed by atoms with Crippen LogP contribution in [0.15, 0.2) is 54.7 Å². The Hall–Kier alpha value is -3.28. The number of carbonyl (C=O) groups is 1. The SMILES string of the molecule is Cc1cccc(CNc2cc(C(=O)NCc3ccccn3)nc(C)n2)c1. The average Bonchev–Trinajstić information content (AvgIpc) is 2.65. The molecule has 0 spiro atoms. The summed E-state index contributed by atoms with van der Waals surface area (Å²) in [5.41, 5.74) is 3.49. The fourth-order valence-electron chi connectivity index (χ4n) is 2.55. The highest BCUT2D eigenvalue weighted by Gasteiger charge is 2.10. The number of anilines is 1. The first-order valence-electron chi connectivity index (χ1n) is 8.43. The van der Waals surface area contributed by atoms with Gasteiger partial charge in [-0.1, -0.05) is 35.9 Å². The lowest BCUT2D eigenvalue weighted by Crippen LogP contribution is -2.25. The highest BCUT2D eigenvalue weighted by Crippen LogP contribution is 2.10. The molecule has 2 N–H and O–H groups in total. The van der Waals surface area contributed by atoms with E-state index in [-0.39, 0.29) is 5.91 Å². The summed E-state index contributed by atoms with van der Waals surface area (Å²) in [7, 11) is 0. The van der Waals surface area contributed by atoms with Gasteiger partial charge in [-0.25, -0.2) is 9.97 Å². The Balaban J connectivity index is 1.65. The van der Waals surface area contributed by atoms with E-state index >= 15 is 0 Å². The number of hydrogen-bond donors (Lipinski definition) is 2. The molecule has 3 rings (SSSR count). The average molecular weight is 347 g/mol. The number of pyridine rings is 1. The van der Waals surface area contributed by atoms with Gasteiger partial charge in [0.1, 0.15) is 17.3 Å². The van der Waals surface area contributed by atoms with Crippen molar-refractivity contribution in [1.29, 1.82) is 0 Å². The second-order valence-electron chi connectivity index (χ2n) is 6.03. The van der Waals surface area contributed by atoms with Gasteiger partial charge in [0.25, 0.3) is 5.91 Å². The van der Waals surface area contributed by atoms with Crippen molar-refractivity contribution >= 4 is 11.7 Å². The molecule has 0 atom stereocenters. The monoisotopic (exact) mass is 347 g/mol. The summed E-state index contributed by atoms with van der Waals surface area (Å²) in [5.74, 6) is 0.920. The third-order valence-electron chi connectivity index (χ3n) is 3.78. The van der Waals surface area contributed by atoms with E-state index in [1.165, 1.54) is 5.56 Å². The molecule has 3 aromatic rings. The van der Waals surface area contributed by atoms with Crippen molar-refractivity contribution in [3.8, 4) is 0 Å². The van der Waals surface area contributed by atoms with Gasteiger partial charge in [0.2, 0.25) is 0 Å². The molecule has 6 heteroatoms. The van der Waals surface area contributed by atoms with Gasteiger partial charge in [-0.15, -0.1) is 0 Å². The molecule has 0 radical (unpaired) electrons. The molecule has 1 aromatic carbocycles. The summed E-state index contributed by atoms with van der Waals surface area (Å²) >= 11 is 0. The molecule has 0 fully saturated rings. The molecule has 0 saturated heterocycles. The first kappa shape index (κ1) is 17.5. The zero-order valence-electron chi connectivity index (χ0n) is 14.9. The van der Waals surface area contributed by atoms with Crippen molar-refractivity contribution < 1.29 is 4.79 Å². The highest BCUT2D eigenvalue weighted by molar-refractivity contribution is 5.92. The molecule has 0 unspecified atom stereocenters. The molecule has 0 aliphatic carbocycles. The van der Waals surface area contributed by atoms with Crippen molar-refractivity contribution in [2.24, 2.45) is 0 Å². The maximum Gasteiger partial charge on any atom is 0.270 e. The van der Waals surface area contributed by atoms with Gasteiger partial charge >= 0.3 is 0 Å². The van der Waals surface area contributed by atoms with E-state index in [1.54, 1.807) is 19.2 Å². The maximum absolute atomic E-state index is 12.4. The van der Waals surface area contributed by atoms with Crippen LogP contribution in [0.4, 0.5) is 5.82 Å². The minimum Gasteiger partial charge on any atom is -0.366 e. The summed E-state index contributed by atoms with van der Waals surface area (Å²) in [6.45, 7) is 4.82. The van der Waals surface area contributed by atoms with Crippen LogP contribution in [0.1, 0.15) is 33.1 Å². The molecule has 132 valence electrons. The van der Waals surface area contributed by atoms with Crippen LogP contribution in [0.3, 0.4) is 0 Å². The molecular weight excluding hydrogens is 326 g/mol. The zero-order valence-corrected chi connectivity index (χ0v) is 14.9. The van der Waals surface area contributed by atoms with E-state index in [2.05, 4.69) is 50.7 Å². The van der Waals surface area contributed by atoms with Crippen molar-refractivity contribution in [1.82, 2.24) is 20.3 Å². The van der Waals surface area contributed by atoms with Crippen LogP contribution in [-0.4, -0.2) is 20.9 Å². The number of amides is 1. The first-order chi connectivity index (χ1) is 12.6. The first-order valence-corrected chi connectivity index (χ1v) is 8.43. The third kappa shape index (κ3) is 4.86. The molecule has 6 nitrogen and oxygen atoms in total. The van der Waals surface area contributed by atoms with Crippen molar-refractivity contribution in [3.05, 3.63) is 83.1 Å². The Bertz CT molecular complexity index is 896. The Morgan fingerprint density at radius 3 is 2.65 bits per heavy atom. The van der Waals surface area contributed by atoms with Gasteiger partial charge in [0.15, 0.2) is 0 Å². The highest BCUT2D eigenvalue weighted by atomic mass is 16.1. The largest absolute Gasteiger partial charge is 0.366 e. The fraction of sp³-hybridized carbons (Fsp3) is 0.200. The number of carbonyl (C=O) groups excluding carboxylic acids is 1. The van der Waals surface area contributed by atoms with E-state index in [9.17, 15) is 4.79 Å². The Morgan fingerprint density at radius 1 is 1.00 bits per heavy atom. The van der Waals surface area contributed by atoms with Crippen LogP contribution < -0.4 is 10.6 Å². The molecular formula is C20H21N5O. The molecule has 0 aliphatic heterocycles. The minimum absolute atomic E-state index is 0.250. The van der Waals surface area contributed by atoms with E-state index in [4.69, 9.17) is 0 Å². The molecule has 0 saturated carbocycles. The number of hydrogen-bond acceptors (Lipinski definition) is 5. The number of aromatic nitrogens is 3. The maximum atomic E-state index is 12.4. The minimum atomic E-state index is -0.250. The molecule has 2 heterocycles. The van der Waals surface area contributed by atoms with Gasteiger partial charge in [0.05, 0.1) is 12.2 Å². The van der Waals surface area contributed by atoms with Gasteiger partial charge in [-0.2, -0.15) is 0 Å². The third-order valence-corrected chi connectivity index (χ3v) is 3.78. The standard InChI is InChI=1S/C20H21N5O/c1-14-6-5-7-16(10-14)12-22-19-11-18(24-15(2)25-19)20(26)23-13-17-8-3-4-9-21-17/h3-11H,12-13H2,1-2H3,(H,23,26)(H,22,24,25). The number of rotatable bonds is 6. The summed E-state index contributed by atoms with van der Waals surface area (Å²) in [5, 5.41) is 6.09. The number of benzene rings is 1. The second kappa shape index (κ2) is 8.20. The lowest BCUT2D eigenvalue weighted by molar-refractivity contribution is 0.0945. The molecule has 0 bridgehead atoms. The topological polar surface area (TPSA) is 79.8 Å². The van der Waals surface area contributed by atoms with E-state index < -0.39 is 0 Å². The van der Waals surface area contributed by atoms with Crippen molar-refractivity contribution in [2.45, 2.75) is 26.9 Å². The molecule has 0 aliphatic rings. The van der Waals surface area contributed by atoms with Gasteiger partial charge < -0.3 is 10.6 Å². The van der Waals surface area contributed by atoms with E-state index in [1.807, 2.05) is 24.3 Å².